The number of rotatable bonds is 3. The molecule has 0 fully saturated rings. The van der Waals surface area contributed by atoms with Crippen LogP contribution in [-0.2, 0) is 11.8 Å². The van der Waals surface area contributed by atoms with Crippen LogP contribution in [0.25, 0.3) is 11.3 Å². The van der Waals surface area contributed by atoms with E-state index in [1.807, 2.05) is 36.4 Å². The maximum atomic E-state index is 12.0. The zero-order valence-electron chi connectivity index (χ0n) is 10.8. The van der Waals surface area contributed by atoms with E-state index >= 15 is 0 Å². The van der Waals surface area contributed by atoms with Gasteiger partial charge in [-0.25, -0.2) is 4.79 Å². The second-order valence-corrected chi connectivity index (χ2v) is 3.89. The zero-order chi connectivity index (χ0) is 13.8. The first kappa shape index (κ1) is 12.8. The molecule has 0 unspecified atom stereocenters. The third-order valence-corrected chi connectivity index (χ3v) is 2.68. The smallest absolute Gasteiger partial charge is 0.343 e. The second-order valence-electron chi connectivity index (χ2n) is 3.89. The quantitative estimate of drug-likeness (QED) is 0.788. The number of nitrogens with zero attached hydrogens (tertiary/aromatic N) is 3. The van der Waals surface area contributed by atoms with E-state index in [-0.39, 0.29) is 17.9 Å². The molecule has 1 heterocycles. The van der Waals surface area contributed by atoms with Crippen molar-refractivity contribution in [1.29, 1.82) is 5.26 Å². The third-order valence-electron chi connectivity index (χ3n) is 2.68. The summed E-state index contributed by atoms with van der Waals surface area (Å²) in [5.74, 6) is -0.522. The fourth-order valence-electron chi connectivity index (χ4n) is 1.93. The number of nitriles is 1. The monoisotopic (exact) mass is 255 g/mol. The summed E-state index contributed by atoms with van der Waals surface area (Å²) in [7, 11) is 1.70. The molecule has 96 valence electrons. The summed E-state index contributed by atoms with van der Waals surface area (Å²) in [5.41, 5.74) is 1.72. The van der Waals surface area contributed by atoms with Gasteiger partial charge in [-0.05, 0) is 6.92 Å². The van der Waals surface area contributed by atoms with Gasteiger partial charge in [-0.3, -0.25) is 4.68 Å². The van der Waals surface area contributed by atoms with Gasteiger partial charge in [0.2, 0.25) is 0 Å². The molecule has 0 spiro atoms. The molecule has 19 heavy (non-hydrogen) atoms. The minimum absolute atomic E-state index is 0.0832. The number of hydrogen-bond acceptors (Lipinski definition) is 4. The molecule has 0 saturated carbocycles. The predicted octanol–water partition coefficient (Wildman–Crippen LogP) is 2.14. The number of aryl methyl sites for hydroxylation is 1. The molecule has 0 N–H and O–H groups in total. The van der Waals surface area contributed by atoms with Crippen LogP contribution in [0.3, 0.4) is 0 Å². The van der Waals surface area contributed by atoms with Gasteiger partial charge in [-0.15, -0.1) is 0 Å². The molecule has 0 aliphatic rings. The van der Waals surface area contributed by atoms with Gasteiger partial charge in [-0.1, -0.05) is 30.3 Å². The van der Waals surface area contributed by atoms with Gasteiger partial charge in [0.05, 0.1) is 12.3 Å². The topological polar surface area (TPSA) is 67.9 Å². The maximum absolute atomic E-state index is 12.0. The molecule has 2 aromatic rings. The van der Waals surface area contributed by atoms with Crippen molar-refractivity contribution < 1.29 is 9.53 Å². The van der Waals surface area contributed by atoms with E-state index < -0.39 is 5.97 Å². The molecule has 0 amide bonds. The van der Waals surface area contributed by atoms with Gasteiger partial charge in [0.15, 0.2) is 5.69 Å². The van der Waals surface area contributed by atoms with Gasteiger partial charge < -0.3 is 4.74 Å². The molecule has 0 saturated heterocycles. The average molecular weight is 255 g/mol. The third kappa shape index (κ3) is 2.33. The lowest BCUT2D eigenvalue weighted by Crippen LogP contribution is -2.07. The highest BCUT2D eigenvalue weighted by Gasteiger charge is 2.24. The molecule has 0 radical (unpaired) electrons. The summed E-state index contributed by atoms with van der Waals surface area (Å²) in [6, 6.07) is 11.3. The molecule has 0 aliphatic carbocycles. The van der Waals surface area contributed by atoms with Crippen LogP contribution >= 0.6 is 0 Å². The molecule has 0 aliphatic heterocycles. The van der Waals surface area contributed by atoms with Crippen LogP contribution in [0.4, 0.5) is 0 Å². The van der Waals surface area contributed by atoms with Crippen LogP contribution in [0.2, 0.25) is 0 Å². The summed E-state index contributed by atoms with van der Waals surface area (Å²) in [5, 5.41) is 13.2. The first-order valence-corrected chi connectivity index (χ1v) is 5.88. The van der Waals surface area contributed by atoms with Crippen molar-refractivity contribution in [3.63, 3.8) is 0 Å². The summed E-state index contributed by atoms with van der Waals surface area (Å²) >= 11 is 0. The van der Waals surface area contributed by atoms with Crippen molar-refractivity contribution in [2.75, 3.05) is 6.61 Å². The van der Waals surface area contributed by atoms with E-state index in [1.54, 1.807) is 14.0 Å². The lowest BCUT2D eigenvalue weighted by atomic mass is 10.1. The van der Waals surface area contributed by atoms with Gasteiger partial charge in [-0.2, -0.15) is 10.4 Å². The van der Waals surface area contributed by atoms with Crippen molar-refractivity contribution in [1.82, 2.24) is 9.78 Å². The number of benzene rings is 1. The van der Waals surface area contributed by atoms with Crippen LogP contribution in [0.15, 0.2) is 30.3 Å². The Labute approximate surface area is 111 Å². The van der Waals surface area contributed by atoms with Crippen LogP contribution in [0.1, 0.15) is 23.0 Å². The average Bonchev–Trinajstić information content (AvgIpc) is 2.77. The molecule has 2 rings (SSSR count). The maximum Gasteiger partial charge on any atom is 0.343 e. The Morgan fingerprint density at radius 3 is 2.68 bits per heavy atom. The number of ether oxygens (including phenoxy) is 1. The largest absolute Gasteiger partial charge is 0.462 e. The Hall–Kier alpha value is -2.61. The van der Waals surface area contributed by atoms with E-state index in [0.717, 1.165) is 5.56 Å². The summed E-state index contributed by atoms with van der Waals surface area (Å²) in [6.45, 7) is 1.98. The molecule has 1 aromatic carbocycles. The van der Waals surface area contributed by atoms with E-state index in [0.29, 0.717) is 5.69 Å². The fraction of sp³-hybridized carbons (Fsp3) is 0.214. The van der Waals surface area contributed by atoms with Crippen molar-refractivity contribution in [3.8, 4) is 17.3 Å². The van der Waals surface area contributed by atoms with E-state index in [2.05, 4.69) is 5.10 Å². The van der Waals surface area contributed by atoms with E-state index in [1.165, 1.54) is 4.68 Å². The zero-order valence-corrected chi connectivity index (χ0v) is 10.8. The van der Waals surface area contributed by atoms with Gasteiger partial charge in [0.1, 0.15) is 11.6 Å². The lowest BCUT2D eigenvalue weighted by molar-refractivity contribution is 0.0527. The number of aromatic nitrogens is 2. The first-order valence-electron chi connectivity index (χ1n) is 5.88. The van der Waals surface area contributed by atoms with Gasteiger partial charge in [0.25, 0.3) is 0 Å². The second kappa shape index (κ2) is 5.36. The Balaban J connectivity index is 2.64. The minimum atomic E-state index is -0.522. The highest BCUT2D eigenvalue weighted by molar-refractivity contribution is 5.98. The van der Waals surface area contributed by atoms with Crippen LogP contribution in [-0.4, -0.2) is 22.4 Å². The molecular formula is C14H13N3O2. The molecule has 0 bridgehead atoms. The Morgan fingerprint density at radius 1 is 1.42 bits per heavy atom. The molecule has 0 atom stereocenters. The summed E-state index contributed by atoms with van der Waals surface area (Å²) < 4.78 is 6.53. The van der Waals surface area contributed by atoms with Crippen LogP contribution < -0.4 is 0 Å². The molecule has 5 heteroatoms. The predicted molar refractivity (Wildman–Crippen MR) is 69.3 cm³/mol. The highest BCUT2D eigenvalue weighted by atomic mass is 16.5. The van der Waals surface area contributed by atoms with E-state index in [4.69, 9.17) is 10.00 Å². The summed E-state index contributed by atoms with van der Waals surface area (Å²) in [6.07, 6.45) is 0. The fourth-order valence-corrected chi connectivity index (χ4v) is 1.93. The Morgan fingerprint density at radius 2 is 2.11 bits per heavy atom. The number of carbonyl (C=O) groups excluding carboxylic acids is 1. The van der Waals surface area contributed by atoms with Gasteiger partial charge in [0, 0.05) is 12.6 Å². The lowest BCUT2D eigenvalue weighted by Gasteiger charge is -2.05. The van der Waals surface area contributed by atoms with Crippen molar-refractivity contribution in [2.24, 2.45) is 7.05 Å². The Bertz CT molecular complexity index is 639. The number of esters is 1. The van der Waals surface area contributed by atoms with E-state index in [9.17, 15) is 4.79 Å². The molecule has 1 aromatic heterocycles. The molecular weight excluding hydrogens is 242 g/mol. The van der Waals surface area contributed by atoms with Crippen LogP contribution in [0, 0.1) is 11.3 Å². The minimum Gasteiger partial charge on any atom is -0.462 e. The van der Waals surface area contributed by atoms with Crippen LogP contribution in [0.5, 0.6) is 0 Å². The number of carbonyl (C=O) groups is 1. The molecule has 5 nitrogen and oxygen atoms in total. The van der Waals surface area contributed by atoms with Crippen molar-refractivity contribution >= 4 is 5.97 Å². The van der Waals surface area contributed by atoms with Gasteiger partial charge >= 0.3 is 5.97 Å². The Kier molecular flexibility index (Phi) is 3.62. The highest BCUT2D eigenvalue weighted by Crippen LogP contribution is 2.26. The normalized spacial score (nSPS) is 9.95. The summed E-state index contributed by atoms with van der Waals surface area (Å²) in [4.78, 5) is 12.0. The first-order chi connectivity index (χ1) is 9.19. The van der Waals surface area contributed by atoms with Crippen molar-refractivity contribution in [2.45, 2.75) is 6.92 Å². The number of hydrogen-bond donors (Lipinski definition) is 0. The SMILES string of the molecule is CCOC(=O)c1c(C#N)nn(C)c1-c1ccccc1. The van der Waals surface area contributed by atoms with Crippen molar-refractivity contribution in [3.05, 3.63) is 41.6 Å². The standard InChI is InChI=1S/C14H13N3O2/c1-3-19-14(18)12-11(9-15)16-17(2)13(12)10-7-5-4-6-8-10/h4-8H,3H2,1-2H3.